The summed E-state index contributed by atoms with van der Waals surface area (Å²) in [4.78, 5) is 0. The third kappa shape index (κ3) is 7.15. The van der Waals surface area contributed by atoms with Gasteiger partial charge in [0.2, 0.25) is 0 Å². The molecule has 192 valence electrons. The maximum absolute atomic E-state index is 13.6. The van der Waals surface area contributed by atoms with Crippen LogP contribution in [0.3, 0.4) is 0 Å². The van der Waals surface area contributed by atoms with E-state index in [1.807, 2.05) is 0 Å². The van der Waals surface area contributed by atoms with Crippen LogP contribution < -0.4 is 0 Å². The molecule has 6 N–H and O–H groups in total. The molecule has 1 unspecified atom stereocenters. The molecule has 2 aromatic rings. The van der Waals surface area contributed by atoms with Gasteiger partial charge in [0.25, 0.3) is 0 Å². The predicted molar refractivity (Wildman–Crippen MR) is 109 cm³/mol. The van der Waals surface area contributed by atoms with E-state index in [0.29, 0.717) is 24.3 Å². The van der Waals surface area contributed by atoms with E-state index < -0.39 is 78.5 Å². The molecule has 2 rings (SSSR count). The fourth-order valence-corrected chi connectivity index (χ4v) is 3.13. The number of hydrogen-bond acceptors (Lipinski definition) is 6. The Balaban J connectivity index is 2.42. The molecular weight excluding hydrogens is 486 g/mol. The summed E-state index contributed by atoms with van der Waals surface area (Å²) in [7, 11) is 0. The van der Waals surface area contributed by atoms with E-state index in [-0.39, 0.29) is 23.1 Å². The molecule has 0 aliphatic carbocycles. The predicted octanol–water partition coefficient (Wildman–Crippen LogP) is 1.18. The highest BCUT2D eigenvalue weighted by Gasteiger charge is 2.35. The SMILES string of the molecule is OC[C@H](O)[C@@H](O)[C@H](O)[C@H](O)C(O)C(=C=CCc1cc(F)c(F)c(F)c1)Cc1cc(F)c(F)c(F)c1. The standard InChI is InChI=1S/C23H22F6O6/c24-13-5-10(6-14(25)18(13)28)2-1-3-12(4-11-7-15(26)19(29)16(27)8-11)20(32)22(34)23(35)21(33)17(31)9-30/h1,5-8,17,20-23,30-35H,2,4,9H2/t3?,17-,20?,21+,22+,23-/m0/s1. The van der Waals surface area contributed by atoms with E-state index in [0.717, 1.165) is 6.08 Å². The summed E-state index contributed by atoms with van der Waals surface area (Å²) < 4.78 is 80.4. The van der Waals surface area contributed by atoms with Crippen molar-refractivity contribution in [3.05, 3.63) is 87.7 Å². The second-order valence-electron chi connectivity index (χ2n) is 7.67. The number of halogens is 6. The summed E-state index contributed by atoms with van der Waals surface area (Å²) in [5, 5.41) is 58.8. The fraction of sp³-hybridized carbons (Fsp3) is 0.348. The largest absolute Gasteiger partial charge is 0.394 e. The Kier molecular flexibility index (Phi) is 10.0. The van der Waals surface area contributed by atoms with Gasteiger partial charge in [-0.1, -0.05) is 0 Å². The second-order valence-corrected chi connectivity index (χ2v) is 7.67. The van der Waals surface area contributed by atoms with Crippen molar-refractivity contribution in [2.75, 3.05) is 6.61 Å². The van der Waals surface area contributed by atoms with E-state index in [2.05, 4.69) is 5.73 Å². The Hall–Kier alpha value is -2.70. The minimum absolute atomic E-state index is 0.0660. The van der Waals surface area contributed by atoms with Crippen molar-refractivity contribution in [3.8, 4) is 0 Å². The minimum Gasteiger partial charge on any atom is -0.394 e. The molecule has 0 aromatic heterocycles. The maximum atomic E-state index is 13.6. The van der Waals surface area contributed by atoms with Gasteiger partial charge in [-0.15, -0.1) is 5.73 Å². The van der Waals surface area contributed by atoms with Crippen molar-refractivity contribution in [2.45, 2.75) is 43.4 Å². The Morgan fingerprint density at radius 1 is 0.714 bits per heavy atom. The molecule has 2 aromatic carbocycles. The number of benzene rings is 2. The first-order valence-corrected chi connectivity index (χ1v) is 10.1. The van der Waals surface area contributed by atoms with E-state index in [4.69, 9.17) is 5.11 Å². The van der Waals surface area contributed by atoms with Gasteiger partial charge >= 0.3 is 0 Å². The number of hydrogen-bond donors (Lipinski definition) is 6. The molecule has 0 bridgehead atoms. The van der Waals surface area contributed by atoms with Crippen molar-refractivity contribution in [1.29, 1.82) is 0 Å². The average Bonchev–Trinajstić information content (AvgIpc) is 2.82. The van der Waals surface area contributed by atoms with Gasteiger partial charge in [0.1, 0.15) is 30.5 Å². The molecule has 0 saturated carbocycles. The average molecular weight is 508 g/mol. The summed E-state index contributed by atoms with van der Waals surface area (Å²) in [6.45, 7) is -0.997. The van der Waals surface area contributed by atoms with Crippen LogP contribution in [0.25, 0.3) is 0 Å². The minimum atomic E-state index is -2.22. The van der Waals surface area contributed by atoms with Gasteiger partial charge in [0.15, 0.2) is 34.9 Å². The van der Waals surface area contributed by atoms with Crippen molar-refractivity contribution < 1.29 is 57.0 Å². The molecule has 0 amide bonds. The summed E-state index contributed by atoms with van der Waals surface area (Å²) in [6, 6.07) is 2.54. The van der Waals surface area contributed by atoms with Crippen LogP contribution in [0.1, 0.15) is 11.1 Å². The molecule has 6 nitrogen and oxygen atoms in total. The van der Waals surface area contributed by atoms with Gasteiger partial charge in [0, 0.05) is 12.0 Å². The zero-order valence-electron chi connectivity index (χ0n) is 17.8. The zero-order chi connectivity index (χ0) is 26.4. The van der Waals surface area contributed by atoms with Gasteiger partial charge < -0.3 is 30.6 Å². The molecule has 5 atom stereocenters. The van der Waals surface area contributed by atoms with Gasteiger partial charge in [-0.2, -0.15) is 0 Å². The van der Waals surface area contributed by atoms with E-state index in [1.165, 1.54) is 0 Å². The molecule has 35 heavy (non-hydrogen) atoms. The summed E-state index contributed by atoms with van der Waals surface area (Å²) in [5.41, 5.74) is 1.75. The summed E-state index contributed by atoms with van der Waals surface area (Å²) in [5.74, 6) is -9.50. The van der Waals surface area contributed by atoms with Crippen molar-refractivity contribution in [3.63, 3.8) is 0 Å². The normalized spacial score (nSPS) is 15.7. The molecule has 0 radical (unpaired) electrons. The highest BCUT2D eigenvalue weighted by atomic mass is 19.2. The smallest absolute Gasteiger partial charge is 0.194 e. The fourth-order valence-electron chi connectivity index (χ4n) is 3.13. The van der Waals surface area contributed by atoms with Crippen LogP contribution in [-0.2, 0) is 12.8 Å². The Morgan fingerprint density at radius 2 is 1.17 bits per heavy atom. The number of aliphatic hydroxyl groups is 6. The number of aliphatic hydroxyl groups excluding tert-OH is 6. The highest BCUT2D eigenvalue weighted by Crippen LogP contribution is 2.21. The lowest BCUT2D eigenvalue weighted by Crippen LogP contribution is -2.50. The maximum Gasteiger partial charge on any atom is 0.194 e. The van der Waals surface area contributed by atoms with E-state index in [9.17, 15) is 51.9 Å². The van der Waals surface area contributed by atoms with E-state index >= 15 is 0 Å². The molecule has 0 aliphatic rings. The molecule has 0 saturated heterocycles. The number of rotatable bonds is 10. The molecular formula is C23H22F6O6. The highest BCUT2D eigenvalue weighted by molar-refractivity contribution is 5.28. The van der Waals surface area contributed by atoms with Crippen LogP contribution in [0.2, 0.25) is 0 Å². The monoisotopic (exact) mass is 508 g/mol. The summed E-state index contributed by atoms with van der Waals surface area (Å²) in [6.07, 6.45) is -10.3. The Labute approximate surface area is 195 Å². The Morgan fingerprint density at radius 3 is 1.63 bits per heavy atom. The lowest BCUT2D eigenvalue weighted by molar-refractivity contribution is -0.134. The first-order valence-electron chi connectivity index (χ1n) is 10.1. The van der Waals surface area contributed by atoms with Crippen LogP contribution in [0.5, 0.6) is 0 Å². The van der Waals surface area contributed by atoms with Crippen LogP contribution >= 0.6 is 0 Å². The molecule has 0 aliphatic heterocycles. The Bertz CT molecular complexity index is 1060. The van der Waals surface area contributed by atoms with Crippen LogP contribution in [0, 0.1) is 34.9 Å². The van der Waals surface area contributed by atoms with Gasteiger partial charge in [0.05, 0.1) is 6.61 Å². The second kappa shape index (κ2) is 12.3. The van der Waals surface area contributed by atoms with Gasteiger partial charge in [-0.05, 0) is 47.9 Å². The third-order valence-corrected chi connectivity index (χ3v) is 5.07. The first-order chi connectivity index (χ1) is 16.4. The first kappa shape index (κ1) is 28.5. The molecule has 0 spiro atoms. The van der Waals surface area contributed by atoms with Crippen molar-refractivity contribution in [2.24, 2.45) is 0 Å². The van der Waals surface area contributed by atoms with Crippen LogP contribution in [-0.4, -0.2) is 67.8 Å². The van der Waals surface area contributed by atoms with Crippen LogP contribution in [0.4, 0.5) is 26.3 Å². The zero-order valence-corrected chi connectivity index (χ0v) is 17.8. The molecule has 0 heterocycles. The molecule has 12 heteroatoms. The third-order valence-electron chi connectivity index (χ3n) is 5.07. The quantitative estimate of drug-likeness (QED) is 0.163. The van der Waals surface area contributed by atoms with Gasteiger partial charge in [-0.3, -0.25) is 0 Å². The molecule has 0 fully saturated rings. The van der Waals surface area contributed by atoms with Crippen molar-refractivity contribution in [1.82, 2.24) is 0 Å². The lowest BCUT2D eigenvalue weighted by atomic mass is 9.92. The van der Waals surface area contributed by atoms with Gasteiger partial charge in [-0.25, -0.2) is 26.3 Å². The summed E-state index contributed by atoms with van der Waals surface area (Å²) >= 11 is 0. The lowest BCUT2D eigenvalue weighted by Gasteiger charge is -2.29. The van der Waals surface area contributed by atoms with Crippen LogP contribution in [0.15, 0.2) is 41.6 Å². The van der Waals surface area contributed by atoms with Crippen molar-refractivity contribution >= 4 is 0 Å². The van der Waals surface area contributed by atoms with E-state index in [1.54, 1.807) is 0 Å². The topological polar surface area (TPSA) is 121 Å².